The van der Waals surface area contributed by atoms with Crippen LogP contribution >= 0.6 is 11.8 Å². The minimum atomic E-state index is -4.75. The molecule has 170 valence electrons. The van der Waals surface area contributed by atoms with Crippen LogP contribution in [-0.2, 0) is 11.4 Å². The van der Waals surface area contributed by atoms with Crippen LogP contribution in [0.15, 0.2) is 53.4 Å². The van der Waals surface area contributed by atoms with Crippen LogP contribution in [0, 0.1) is 0 Å². The zero-order valence-corrected chi connectivity index (χ0v) is 18.2. The predicted octanol–water partition coefficient (Wildman–Crippen LogP) is 4.88. The van der Waals surface area contributed by atoms with E-state index in [1.807, 2.05) is 13.8 Å². The zero-order valence-electron chi connectivity index (χ0n) is 17.4. The first kappa shape index (κ1) is 24.9. The second kappa shape index (κ2) is 11.9. The van der Waals surface area contributed by atoms with E-state index in [9.17, 15) is 18.0 Å². The van der Waals surface area contributed by atoms with Crippen LogP contribution < -0.4 is 9.47 Å². The fraction of sp³-hybridized carbons (Fsp3) is 0.409. The van der Waals surface area contributed by atoms with Crippen LogP contribution in [0.25, 0.3) is 0 Å². The molecule has 0 saturated carbocycles. The molecule has 31 heavy (non-hydrogen) atoms. The zero-order chi connectivity index (χ0) is 22.9. The molecular weight excluding hydrogens is 431 g/mol. The van der Waals surface area contributed by atoms with Gasteiger partial charge in [-0.3, -0.25) is 4.79 Å². The molecule has 1 heterocycles. The Morgan fingerprint density at radius 3 is 2.48 bits per heavy atom. The van der Waals surface area contributed by atoms with Crippen molar-refractivity contribution in [1.82, 2.24) is 4.90 Å². The highest BCUT2D eigenvalue weighted by Crippen LogP contribution is 2.37. The van der Waals surface area contributed by atoms with Crippen LogP contribution in [0.4, 0.5) is 13.2 Å². The summed E-state index contributed by atoms with van der Waals surface area (Å²) in [6, 6.07) is 12.8. The van der Waals surface area contributed by atoms with Crippen molar-refractivity contribution < 1.29 is 32.5 Å². The summed E-state index contributed by atoms with van der Waals surface area (Å²) < 4.78 is 47.2. The highest BCUT2D eigenvalue weighted by molar-refractivity contribution is 8.00. The van der Waals surface area contributed by atoms with Crippen molar-refractivity contribution in [2.75, 3.05) is 19.7 Å². The number of hydrogen-bond acceptors (Lipinski definition) is 5. The van der Waals surface area contributed by atoms with E-state index in [-0.39, 0.29) is 30.1 Å². The monoisotopic (exact) mass is 457 g/mol. The average Bonchev–Trinajstić information content (AvgIpc) is 3.23. The molecule has 1 saturated heterocycles. The lowest BCUT2D eigenvalue weighted by molar-refractivity contribution is -0.275. The summed E-state index contributed by atoms with van der Waals surface area (Å²) >= 11 is 1.27. The largest absolute Gasteiger partial charge is 0.573 e. The van der Waals surface area contributed by atoms with Crippen molar-refractivity contribution in [2.24, 2.45) is 0 Å². The molecule has 0 aliphatic carbocycles. The summed E-state index contributed by atoms with van der Waals surface area (Å²) in [7, 11) is 0. The molecule has 0 bridgehead atoms. The first-order valence-electron chi connectivity index (χ1n) is 9.96. The van der Waals surface area contributed by atoms with E-state index < -0.39 is 6.36 Å². The number of amides is 1. The molecule has 2 aromatic carbocycles. The lowest BCUT2D eigenvalue weighted by Gasteiger charge is -2.18. The van der Waals surface area contributed by atoms with Gasteiger partial charge in [-0.2, -0.15) is 0 Å². The number of aliphatic hydroxyl groups excluding tert-OH is 1. The SMILES string of the molecule is CC.O=C(COc1ccc(CO)cc1)N1CCC(Sc2ccccc2OC(F)(F)F)C1. The molecule has 1 amide bonds. The number of hydrogen-bond donors (Lipinski definition) is 1. The molecule has 5 nitrogen and oxygen atoms in total. The Balaban J connectivity index is 0.00000166. The van der Waals surface area contributed by atoms with Gasteiger partial charge in [-0.15, -0.1) is 24.9 Å². The summed E-state index contributed by atoms with van der Waals surface area (Å²) in [5.41, 5.74) is 0.748. The van der Waals surface area contributed by atoms with Crippen molar-refractivity contribution in [3.05, 3.63) is 54.1 Å². The van der Waals surface area contributed by atoms with Gasteiger partial charge in [0, 0.05) is 18.3 Å². The first-order valence-corrected chi connectivity index (χ1v) is 10.8. The van der Waals surface area contributed by atoms with Crippen molar-refractivity contribution in [2.45, 2.75) is 43.4 Å². The molecule has 1 fully saturated rings. The number of para-hydroxylation sites is 1. The number of ether oxygens (including phenoxy) is 2. The van der Waals surface area contributed by atoms with Gasteiger partial charge in [-0.05, 0) is 36.2 Å². The van der Waals surface area contributed by atoms with E-state index in [1.54, 1.807) is 41.3 Å². The topological polar surface area (TPSA) is 59.0 Å². The fourth-order valence-electron chi connectivity index (χ4n) is 2.91. The number of rotatable bonds is 7. The summed E-state index contributed by atoms with van der Waals surface area (Å²) in [6.07, 6.45) is -4.08. The van der Waals surface area contributed by atoms with Gasteiger partial charge in [0.2, 0.25) is 0 Å². The molecule has 1 aliphatic rings. The highest BCUT2D eigenvalue weighted by atomic mass is 32.2. The predicted molar refractivity (Wildman–Crippen MR) is 113 cm³/mol. The molecule has 9 heteroatoms. The van der Waals surface area contributed by atoms with E-state index in [0.29, 0.717) is 30.2 Å². The normalized spacial score (nSPS) is 15.8. The summed E-state index contributed by atoms with van der Waals surface area (Å²) in [5, 5.41) is 9.00. The Labute approximate surface area is 184 Å². The van der Waals surface area contributed by atoms with Gasteiger partial charge in [-0.25, -0.2) is 0 Å². The molecule has 1 unspecified atom stereocenters. The molecule has 1 aliphatic heterocycles. The minimum Gasteiger partial charge on any atom is -0.484 e. The standard InChI is InChI=1S/C20H20F3NO4S.C2H6/c21-20(22,23)28-17-3-1-2-4-18(17)29-16-9-10-24(11-16)19(26)13-27-15-7-5-14(12-25)6-8-15;1-2/h1-8,16,25H,9-13H2;1-2H3. The van der Waals surface area contributed by atoms with Crippen LogP contribution in [0.3, 0.4) is 0 Å². The number of aliphatic hydroxyl groups is 1. The van der Waals surface area contributed by atoms with E-state index in [4.69, 9.17) is 9.84 Å². The van der Waals surface area contributed by atoms with Crippen LogP contribution in [0.2, 0.25) is 0 Å². The van der Waals surface area contributed by atoms with Crippen LogP contribution in [-0.4, -0.2) is 47.2 Å². The van der Waals surface area contributed by atoms with Crippen molar-refractivity contribution in [3.8, 4) is 11.5 Å². The third-order valence-corrected chi connectivity index (χ3v) is 5.64. The number of halogens is 3. The van der Waals surface area contributed by atoms with Gasteiger partial charge in [0.25, 0.3) is 5.91 Å². The maximum atomic E-state index is 12.6. The van der Waals surface area contributed by atoms with Crippen LogP contribution in [0.1, 0.15) is 25.8 Å². The number of alkyl halides is 3. The van der Waals surface area contributed by atoms with Gasteiger partial charge in [0.15, 0.2) is 6.61 Å². The average molecular weight is 458 g/mol. The van der Waals surface area contributed by atoms with E-state index >= 15 is 0 Å². The van der Waals surface area contributed by atoms with Gasteiger partial charge in [0.05, 0.1) is 11.5 Å². The smallest absolute Gasteiger partial charge is 0.484 e. The summed E-state index contributed by atoms with van der Waals surface area (Å²) in [5.74, 6) is 0.113. The molecule has 0 spiro atoms. The van der Waals surface area contributed by atoms with Crippen molar-refractivity contribution >= 4 is 17.7 Å². The van der Waals surface area contributed by atoms with Gasteiger partial charge >= 0.3 is 6.36 Å². The molecule has 0 radical (unpaired) electrons. The maximum absolute atomic E-state index is 12.6. The van der Waals surface area contributed by atoms with Crippen molar-refractivity contribution in [1.29, 1.82) is 0 Å². The minimum absolute atomic E-state index is 0.0271. The number of carbonyl (C=O) groups excluding carboxylic acids is 1. The summed E-state index contributed by atoms with van der Waals surface area (Å²) in [6.45, 7) is 4.76. The number of thioether (sulfide) groups is 1. The Morgan fingerprint density at radius 1 is 1.16 bits per heavy atom. The second-order valence-electron chi connectivity index (χ2n) is 6.45. The highest BCUT2D eigenvalue weighted by Gasteiger charge is 2.33. The molecule has 3 rings (SSSR count). The molecular formula is C22H26F3NO4S. The van der Waals surface area contributed by atoms with E-state index in [0.717, 1.165) is 5.56 Å². The Kier molecular flexibility index (Phi) is 9.51. The molecule has 0 aromatic heterocycles. The lowest BCUT2D eigenvalue weighted by atomic mass is 10.2. The molecule has 1 atom stereocenters. The van der Waals surface area contributed by atoms with E-state index in [1.165, 1.54) is 23.9 Å². The third-order valence-electron chi connectivity index (χ3n) is 4.33. The van der Waals surface area contributed by atoms with Crippen molar-refractivity contribution in [3.63, 3.8) is 0 Å². The van der Waals surface area contributed by atoms with Gasteiger partial charge in [-0.1, -0.05) is 38.1 Å². The number of carbonyl (C=O) groups is 1. The lowest BCUT2D eigenvalue weighted by Crippen LogP contribution is -2.33. The van der Waals surface area contributed by atoms with Crippen LogP contribution in [0.5, 0.6) is 11.5 Å². The Morgan fingerprint density at radius 2 is 1.84 bits per heavy atom. The van der Waals surface area contributed by atoms with E-state index in [2.05, 4.69) is 4.74 Å². The molecule has 2 aromatic rings. The number of likely N-dealkylation sites (tertiary alicyclic amines) is 1. The fourth-order valence-corrected chi connectivity index (χ4v) is 4.13. The summed E-state index contributed by atoms with van der Waals surface area (Å²) in [4.78, 5) is 14.4. The Hall–Kier alpha value is -2.39. The number of nitrogens with zero attached hydrogens (tertiary/aromatic N) is 1. The van der Waals surface area contributed by atoms with Gasteiger partial charge < -0.3 is 19.5 Å². The Bertz CT molecular complexity index is 830. The number of benzene rings is 2. The molecule has 1 N–H and O–H groups in total. The second-order valence-corrected chi connectivity index (χ2v) is 7.80. The quantitative estimate of drug-likeness (QED) is 0.643. The first-order chi connectivity index (χ1) is 14.8. The maximum Gasteiger partial charge on any atom is 0.573 e. The third kappa shape index (κ3) is 7.99. The van der Waals surface area contributed by atoms with Gasteiger partial charge in [0.1, 0.15) is 11.5 Å².